The van der Waals surface area contributed by atoms with Gasteiger partial charge in [-0.3, -0.25) is 9.48 Å². The van der Waals surface area contributed by atoms with Gasteiger partial charge < -0.3 is 5.32 Å². The highest BCUT2D eigenvalue weighted by atomic mass is 16.1. The zero-order chi connectivity index (χ0) is 11.1. The molecule has 0 radical (unpaired) electrons. The third kappa shape index (κ3) is 4.25. The minimum atomic E-state index is 0.339. The monoisotopic (exact) mass is 209 g/mol. The second-order valence-electron chi connectivity index (χ2n) is 3.69. The minimum Gasteiger partial charge on any atom is -0.320 e. The molecular weight excluding hydrogens is 190 g/mol. The van der Waals surface area contributed by atoms with Crippen molar-refractivity contribution >= 4 is 5.78 Å². The van der Waals surface area contributed by atoms with E-state index in [4.69, 9.17) is 0 Å². The lowest BCUT2D eigenvalue weighted by Gasteiger charge is -2.02. The molecule has 0 atom stereocenters. The lowest BCUT2D eigenvalue weighted by molar-refractivity contribution is -0.119. The summed E-state index contributed by atoms with van der Waals surface area (Å²) in [5.74, 6) is 0.339. The van der Waals surface area contributed by atoms with Crippen LogP contribution in [0.15, 0.2) is 12.3 Å². The number of Topliss-reactive ketones (excluding diaryl/α,β-unsaturated/α-hetero) is 1. The number of carbonyl (C=O) groups is 1. The van der Waals surface area contributed by atoms with Gasteiger partial charge in [0.15, 0.2) is 0 Å². The molecule has 0 unspecified atom stereocenters. The highest BCUT2D eigenvalue weighted by Crippen LogP contribution is 2.03. The Morgan fingerprint density at radius 2 is 2.33 bits per heavy atom. The third-order valence-corrected chi connectivity index (χ3v) is 2.46. The van der Waals surface area contributed by atoms with Gasteiger partial charge in [0.25, 0.3) is 0 Å². The first-order valence-electron chi connectivity index (χ1n) is 5.37. The van der Waals surface area contributed by atoms with E-state index >= 15 is 0 Å². The highest BCUT2D eigenvalue weighted by Gasteiger charge is 2.04. The molecule has 0 spiro atoms. The van der Waals surface area contributed by atoms with Crippen molar-refractivity contribution in [2.24, 2.45) is 7.05 Å². The summed E-state index contributed by atoms with van der Waals surface area (Å²) in [5, 5.41) is 7.10. The van der Waals surface area contributed by atoms with Gasteiger partial charge in [-0.25, -0.2) is 0 Å². The van der Waals surface area contributed by atoms with Crippen LogP contribution in [0.25, 0.3) is 0 Å². The Morgan fingerprint density at radius 3 is 2.93 bits per heavy atom. The van der Waals surface area contributed by atoms with Gasteiger partial charge in [0, 0.05) is 31.8 Å². The number of nitrogens with one attached hydrogen (secondary N) is 1. The lowest BCUT2D eigenvalue weighted by atomic mass is 10.1. The van der Waals surface area contributed by atoms with Crippen LogP contribution in [0.1, 0.15) is 25.0 Å². The molecule has 1 heterocycles. The number of hydrogen-bond acceptors (Lipinski definition) is 3. The summed E-state index contributed by atoms with van der Waals surface area (Å²) in [6, 6.07) is 1.96. The predicted molar refractivity (Wildman–Crippen MR) is 59.7 cm³/mol. The summed E-state index contributed by atoms with van der Waals surface area (Å²) < 4.78 is 1.82. The van der Waals surface area contributed by atoms with E-state index in [1.54, 1.807) is 6.20 Å². The zero-order valence-electron chi connectivity index (χ0n) is 9.49. The van der Waals surface area contributed by atoms with E-state index < -0.39 is 0 Å². The lowest BCUT2D eigenvalue weighted by Crippen LogP contribution is -2.10. The van der Waals surface area contributed by atoms with E-state index in [2.05, 4.69) is 10.4 Å². The van der Waals surface area contributed by atoms with Gasteiger partial charge in [0.2, 0.25) is 0 Å². The Hall–Kier alpha value is -1.16. The molecule has 4 nitrogen and oxygen atoms in total. The van der Waals surface area contributed by atoms with E-state index in [9.17, 15) is 4.79 Å². The molecule has 0 amide bonds. The molecule has 0 aliphatic heterocycles. The zero-order valence-corrected chi connectivity index (χ0v) is 9.49. The van der Waals surface area contributed by atoms with Gasteiger partial charge in [0.05, 0.1) is 0 Å². The summed E-state index contributed by atoms with van der Waals surface area (Å²) in [7, 11) is 3.81. The van der Waals surface area contributed by atoms with Gasteiger partial charge in [-0.1, -0.05) is 0 Å². The first-order chi connectivity index (χ1) is 7.24. The van der Waals surface area contributed by atoms with E-state index in [1.165, 1.54) is 0 Å². The molecule has 4 heteroatoms. The van der Waals surface area contributed by atoms with Crippen LogP contribution < -0.4 is 5.32 Å². The van der Waals surface area contributed by atoms with Crippen molar-refractivity contribution in [1.82, 2.24) is 15.1 Å². The van der Waals surface area contributed by atoms with Crippen LogP contribution in [0.4, 0.5) is 0 Å². The van der Waals surface area contributed by atoms with Crippen LogP contribution in [0.3, 0.4) is 0 Å². The molecular formula is C11H19N3O. The summed E-state index contributed by atoms with van der Waals surface area (Å²) in [6.45, 7) is 0.914. The van der Waals surface area contributed by atoms with Gasteiger partial charge in [-0.15, -0.1) is 0 Å². The second kappa shape index (κ2) is 6.35. The van der Waals surface area contributed by atoms with Crippen LogP contribution in [0.2, 0.25) is 0 Å². The summed E-state index contributed by atoms with van der Waals surface area (Å²) in [6.07, 6.45) is 4.80. The number of ketones is 1. The average Bonchev–Trinajstić information content (AvgIpc) is 2.61. The van der Waals surface area contributed by atoms with Crippen LogP contribution in [-0.2, 0) is 18.3 Å². The normalized spacial score (nSPS) is 10.5. The summed E-state index contributed by atoms with van der Waals surface area (Å²) in [5.41, 5.74) is 1.12. The van der Waals surface area contributed by atoms with Crippen molar-refractivity contribution in [3.63, 3.8) is 0 Å². The van der Waals surface area contributed by atoms with Crippen LogP contribution in [0, 0.1) is 0 Å². The second-order valence-corrected chi connectivity index (χ2v) is 3.69. The van der Waals surface area contributed by atoms with E-state index in [0.29, 0.717) is 18.6 Å². The van der Waals surface area contributed by atoms with E-state index in [-0.39, 0.29) is 0 Å². The molecule has 0 fully saturated rings. The van der Waals surface area contributed by atoms with Crippen molar-refractivity contribution in [2.45, 2.75) is 25.7 Å². The predicted octanol–water partition coefficient (Wildman–Crippen LogP) is 0.921. The van der Waals surface area contributed by atoms with Crippen molar-refractivity contribution in [1.29, 1.82) is 0 Å². The van der Waals surface area contributed by atoms with E-state index in [1.807, 2.05) is 24.8 Å². The first kappa shape index (κ1) is 11.9. The molecule has 1 N–H and O–H groups in total. The summed E-state index contributed by atoms with van der Waals surface area (Å²) in [4.78, 5) is 11.5. The molecule has 0 aromatic carbocycles. The first-order valence-corrected chi connectivity index (χ1v) is 5.37. The molecule has 0 bridgehead atoms. The fourth-order valence-corrected chi connectivity index (χ4v) is 1.50. The number of hydrogen-bond donors (Lipinski definition) is 1. The van der Waals surface area contributed by atoms with Crippen LogP contribution in [-0.4, -0.2) is 29.2 Å². The fourth-order valence-electron chi connectivity index (χ4n) is 1.50. The Kier molecular flexibility index (Phi) is 5.04. The molecule has 0 aliphatic rings. The smallest absolute Gasteiger partial charge is 0.133 e. The quantitative estimate of drug-likeness (QED) is 0.679. The van der Waals surface area contributed by atoms with Gasteiger partial charge in [-0.05, 0) is 32.5 Å². The number of aryl methyl sites for hydroxylation is 2. The minimum absolute atomic E-state index is 0.339. The number of carbonyl (C=O) groups excluding carboxylic acids is 1. The van der Waals surface area contributed by atoms with E-state index in [0.717, 1.165) is 25.1 Å². The maximum absolute atomic E-state index is 11.5. The van der Waals surface area contributed by atoms with Crippen LogP contribution in [0.5, 0.6) is 0 Å². The van der Waals surface area contributed by atoms with Crippen molar-refractivity contribution < 1.29 is 4.79 Å². The Labute approximate surface area is 90.7 Å². The highest BCUT2D eigenvalue weighted by molar-refractivity contribution is 5.78. The maximum atomic E-state index is 11.5. The molecule has 84 valence electrons. The topological polar surface area (TPSA) is 46.9 Å². The molecule has 0 saturated carbocycles. The van der Waals surface area contributed by atoms with Crippen molar-refractivity contribution in [3.05, 3.63) is 18.0 Å². The van der Waals surface area contributed by atoms with Crippen molar-refractivity contribution in [3.8, 4) is 0 Å². The van der Waals surface area contributed by atoms with Gasteiger partial charge in [0.1, 0.15) is 5.78 Å². The standard InChI is InChI=1S/C11H19N3O/c1-12-8-3-4-11(15)6-5-10-7-9-13-14(10)2/h7,9,12H,3-6,8H2,1-2H3. The molecule has 1 aromatic heterocycles. The average molecular weight is 209 g/mol. The van der Waals surface area contributed by atoms with Crippen LogP contribution >= 0.6 is 0 Å². The fraction of sp³-hybridized carbons (Fsp3) is 0.636. The molecule has 0 saturated heterocycles. The summed E-state index contributed by atoms with van der Waals surface area (Å²) >= 11 is 0. The molecule has 1 aromatic rings. The Balaban J connectivity index is 2.20. The van der Waals surface area contributed by atoms with Crippen molar-refractivity contribution in [2.75, 3.05) is 13.6 Å². The largest absolute Gasteiger partial charge is 0.320 e. The molecule has 1 rings (SSSR count). The third-order valence-electron chi connectivity index (χ3n) is 2.46. The molecule has 0 aliphatic carbocycles. The Morgan fingerprint density at radius 1 is 1.53 bits per heavy atom. The van der Waals surface area contributed by atoms with Gasteiger partial charge in [-0.2, -0.15) is 5.10 Å². The van der Waals surface area contributed by atoms with Gasteiger partial charge >= 0.3 is 0 Å². The number of nitrogens with zero attached hydrogens (tertiary/aromatic N) is 2. The number of aromatic nitrogens is 2. The number of rotatable bonds is 7. The Bertz CT molecular complexity index is 307. The SMILES string of the molecule is CNCCCC(=O)CCc1ccnn1C. The maximum Gasteiger partial charge on any atom is 0.133 e. The molecule has 15 heavy (non-hydrogen) atoms.